The molecule has 0 fully saturated rings. The highest BCUT2D eigenvalue weighted by Gasteiger charge is 2.14. The summed E-state index contributed by atoms with van der Waals surface area (Å²) < 4.78 is 5.62. The lowest BCUT2D eigenvalue weighted by Gasteiger charge is -2.18. The molecule has 2 N–H and O–H groups in total. The van der Waals surface area contributed by atoms with Crippen molar-refractivity contribution in [3.63, 3.8) is 0 Å². The van der Waals surface area contributed by atoms with Crippen LogP contribution in [0.2, 0.25) is 0 Å². The van der Waals surface area contributed by atoms with Crippen molar-refractivity contribution in [2.24, 2.45) is 0 Å². The fourth-order valence-electron chi connectivity index (χ4n) is 2.21. The van der Waals surface area contributed by atoms with Gasteiger partial charge < -0.3 is 19.6 Å². The van der Waals surface area contributed by atoms with Crippen LogP contribution in [0.25, 0.3) is 11.2 Å². The summed E-state index contributed by atoms with van der Waals surface area (Å²) in [6.07, 6.45) is 1.63. The number of aromatic nitrogens is 4. The maximum absolute atomic E-state index is 5.62. The minimum absolute atomic E-state index is 0.578. The number of nitrogens with one attached hydrogen (secondary N) is 2. The van der Waals surface area contributed by atoms with Gasteiger partial charge in [0.1, 0.15) is 17.0 Å². The Kier molecular flexibility index (Phi) is 3.47. The van der Waals surface area contributed by atoms with E-state index in [1.54, 1.807) is 6.33 Å². The summed E-state index contributed by atoms with van der Waals surface area (Å²) in [7, 11) is 1.97. The Morgan fingerprint density at radius 1 is 1.33 bits per heavy atom. The molecule has 0 aromatic carbocycles. The molecule has 0 aliphatic carbocycles. The van der Waals surface area contributed by atoms with Crippen molar-refractivity contribution < 1.29 is 4.42 Å². The molecule has 3 rings (SSSR count). The smallest absolute Gasteiger partial charge is 0.226 e. The summed E-state index contributed by atoms with van der Waals surface area (Å²) in [4.78, 5) is 18.2. The van der Waals surface area contributed by atoms with E-state index in [1.807, 2.05) is 37.9 Å². The molecule has 3 heterocycles. The number of H-pyrrole nitrogens is 1. The highest BCUT2D eigenvalue weighted by molar-refractivity contribution is 5.84. The molecule has 0 aliphatic heterocycles. The first-order chi connectivity index (χ1) is 10.2. The zero-order valence-electron chi connectivity index (χ0n) is 12.3. The maximum atomic E-state index is 5.62. The van der Waals surface area contributed by atoms with Crippen LogP contribution in [-0.2, 0) is 6.54 Å². The van der Waals surface area contributed by atoms with Gasteiger partial charge in [-0.05, 0) is 26.0 Å². The van der Waals surface area contributed by atoms with E-state index in [-0.39, 0.29) is 0 Å². The number of aromatic amines is 1. The number of hydrogen-bond acceptors (Lipinski definition) is 6. The quantitative estimate of drug-likeness (QED) is 0.749. The third-order valence-corrected chi connectivity index (χ3v) is 3.15. The second-order valence-corrected chi connectivity index (χ2v) is 4.87. The van der Waals surface area contributed by atoms with Gasteiger partial charge >= 0.3 is 0 Å². The molecule has 7 nitrogen and oxygen atoms in total. The lowest BCUT2D eigenvalue weighted by atomic mass is 10.4. The third kappa shape index (κ3) is 2.67. The van der Waals surface area contributed by atoms with Crippen LogP contribution < -0.4 is 10.2 Å². The third-order valence-electron chi connectivity index (χ3n) is 3.15. The Balaban J connectivity index is 1.95. The van der Waals surface area contributed by atoms with E-state index in [4.69, 9.17) is 4.42 Å². The largest absolute Gasteiger partial charge is 0.464 e. The second-order valence-electron chi connectivity index (χ2n) is 4.87. The van der Waals surface area contributed by atoms with Crippen LogP contribution >= 0.6 is 0 Å². The molecule has 0 atom stereocenters. The van der Waals surface area contributed by atoms with Gasteiger partial charge in [0, 0.05) is 13.6 Å². The highest BCUT2D eigenvalue weighted by Crippen LogP contribution is 2.23. The van der Waals surface area contributed by atoms with Gasteiger partial charge in [-0.3, -0.25) is 0 Å². The standard InChI is InChI=1S/C14H18N6O/c1-4-15-14-18-12-11(16-8-17-12)13(19-14)20(3)7-10-6-5-9(2)21-10/h5-6,8H,4,7H2,1-3H3,(H2,15,16,17,18,19). The maximum Gasteiger partial charge on any atom is 0.226 e. The van der Waals surface area contributed by atoms with E-state index >= 15 is 0 Å². The SMILES string of the molecule is CCNc1nc(N(C)Cc2ccc(C)o2)c2[nH]cnc2n1. The van der Waals surface area contributed by atoms with E-state index in [0.29, 0.717) is 18.1 Å². The van der Waals surface area contributed by atoms with Gasteiger partial charge in [0.15, 0.2) is 11.5 Å². The van der Waals surface area contributed by atoms with Gasteiger partial charge in [-0.15, -0.1) is 0 Å². The Morgan fingerprint density at radius 2 is 2.19 bits per heavy atom. The molecule has 0 amide bonds. The predicted octanol–water partition coefficient (Wildman–Crippen LogP) is 2.32. The summed E-state index contributed by atoms with van der Waals surface area (Å²) in [6, 6.07) is 3.93. The number of hydrogen-bond donors (Lipinski definition) is 2. The first-order valence-corrected chi connectivity index (χ1v) is 6.89. The number of fused-ring (bicyclic) bond motifs is 1. The van der Waals surface area contributed by atoms with Gasteiger partial charge in [-0.2, -0.15) is 9.97 Å². The van der Waals surface area contributed by atoms with Crippen molar-refractivity contribution in [3.8, 4) is 0 Å². The van der Waals surface area contributed by atoms with Crippen molar-refractivity contribution in [1.29, 1.82) is 0 Å². The molecule has 7 heteroatoms. The lowest BCUT2D eigenvalue weighted by Crippen LogP contribution is -2.19. The fourth-order valence-corrected chi connectivity index (χ4v) is 2.21. The number of imidazole rings is 1. The average molecular weight is 286 g/mol. The van der Waals surface area contributed by atoms with Crippen LogP contribution in [0.5, 0.6) is 0 Å². The average Bonchev–Trinajstić information content (AvgIpc) is 3.07. The number of nitrogens with zero attached hydrogens (tertiary/aromatic N) is 4. The van der Waals surface area contributed by atoms with Crippen LogP contribution in [0.4, 0.5) is 11.8 Å². The minimum Gasteiger partial charge on any atom is -0.464 e. The molecule has 0 radical (unpaired) electrons. The Morgan fingerprint density at radius 3 is 2.90 bits per heavy atom. The monoisotopic (exact) mass is 286 g/mol. The summed E-state index contributed by atoms with van der Waals surface area (Å²) in [5.41, 5.74) is 1.47. The number of furan rings is 1. The first-order valence-electron chi connectivity index (χ1n) is 6.89. The van der Waals surface area contributed by atoms with Gasteiger partial charge in [0.25, 0.3) is 0 Å². The molecule has 3 aromatic rings. The second kappa shape index (κ2) is 5.43. The molecule has 0 spiro atoms. The van der Waals surface area contributed by atoms with Gasteiger partial charge in [-0.1, -0.05) is 0 Å². The molecule has 0 unspecified atom stereocenters. The Bertz CT molecular complexity index is 747. The number of anilines is 2. The predicted molar refractivity (Wildman–Crippen MR) is 81.4 cm³/mol. The number of aryl methyl sites for hydroxylation is 1. The van der Waals surface area contributed by atoms with Crippen LogP contribution in [-0.4, -0.2) is 33.5 Å². The molecule has 3 aromatic heterocycles. The Labute approximate surface area is 122 Å². The van der Waals surface area contributed by atoms with Crippen molar-refractivity contribution in [1.82, 2.24) is 19.9 Å². The van der Waals surface area contributed by atoms with E-state index in [0.717, 1.165) is 29.4 Å². The lowest BCUT2D eigenvalue weighted by molar-refractivity contribution is 0.481. The summed E-state index contributed by atoms with van der Waals surface area (Å²) in [5.74, 6) is 3.17. The number of rotatable bonds is 5. The summed E-state index contributed by atoms with van der Waals surface area (Å²) in [5, 5.41) is 3.13. The van der Waals surface area contributed by atoms with E-state index < -0.39 is 0 Å². The molecular formula is C14H18N6O. The van der Waals surface area contributed by atoms with Gasteiger partial charge in [0.2, 0.25) is 5.95 Å². The molecule has 0 aliphatic rings. The molecule has 0 bridgehead atoms. The van der Waals surface area contributed by atoms with Crippen molar-refractivity contribution in [2.75, 3.05) is 23.8 Å². The van der Waals surface area contributed by atoms with Crippen LogP contribution in [0.15, 0.2) is 22.9 Å². The van der Waals surface area contributed by atoms with Gasteiger partial charge in [0.05, 0.1) is 12.9 Å². The molecular weight excluding hydrogens is 268 g/mol. The molecule has 110 valence electrons. The Hall–Kier alpha value is -2.57. The molecule has 0 saturated carbocycles. The van der Waals surface area contributed by atoms with Crippen LogP contribution in [0, 0.1) is 6.92 Å². The van der Waals surface area contributed by atoms with E-state index in [9.17, 15) is 0 Å². The molecule has 0 saturated heterocycles. The zero-order chi connectivity index (χ0) is 14.8. The van der Waals surface area contributed by atoms with E-state index in [1.165, 1.54) is 0 Å². The van der Waals surface area contributed by atoms with Crippen molar-refractivity contribution >= 4 is 22.9 Å². The normalized spacial score (nSPS) is 11.0. The molecule has 21 heavy (non-hydrogen) atoms. The summed E-state index contributed by atoms with van der Waals surface area (Å²) in [6.45, 7) is 5.33. The van der Waals surface area contributed by atoms with Gasteiger partial charge in [-0.25, -0.2) is 4.98 Å². The van der Waals surface area contributed by atoms with Crippen molar-refractivity contribution in [2.45, 2.75) is 20.4 Å². The highest BCUT2D eigenvalue weighted by atomic mass is 16.3. The topological polar surface area (TPSA) is 82.9 Å². The zero-order valence-corrected chi connectivity index (χ0v) is 12.3. The van der Waals surface area contributed by atoms with E-state index in [2.05, 4.69) is 25.3 Å². The van der Waals surface area contributed by atoms with Crippen LogP contribution in [0.3, 0.4) is 0 Å². The fraction of sp³-hybridized carbons (Fsp3) is 0.357. The minimum atomic E-state index is 0.578. The van der Waals surface area contributed by atoms with Crippen molar-refractivity contribution in [3.05, 3.63) is 30.0 Å². The summed E-state index contributed by atoms with van der Waals surface area (Å²) >= 11 is 0. The van der Waals surface area contributed by atoms with Crippen LogP contribution in [0.1, 0.15) is 18.4 Å². The first kappa shape index (κ1) is 13.4.